The van der Waals surface area contributed by atoms with Gasteiger partial charge in [-0.1, -0.05) is 43.7 Å². The van der Waals surface area contributed by atoms with E-state index in [1.54, 1.807) is 18.9 Å². The van der Waals surface area contributed by atoms with Crippen molar-refractivity contribution in [1.82, 2.24) is 10.2 Å². The molecule has 2 rings (SSSR count). The molecule has 1 N–H and O–H groups in total. The highest BCUT2D eigenvalue weighted by molar-refractivity contribution is 5.87. The van der Waals surface area contributed by atoms with Gasteiger partial charge >= 0.3 is 0 Å². The normalized spacial score (nSPS) is 11.5. The van der Waals surface area contributed by atoms with Crippen molar-refractivity contribution in [3.63, 3.8) is 0 Å². The summed E-state index contributed by atoms with van der Waals surface area (Å²) in [4.78, 5) is 27.3. The molecule has 6 heteroatoms. The van der Waals surface area contributed by atoms with E-state index in [2.05, 4.69) is 12.2 Å². The molecule has 0 bridgehead atoms. The van der Waals surface area contributed by atoms with Crippen LogP contribution in [0.1, 0.15) is 45.1 Å². The molecule has 0 aliphatic heterocycles. The highest BCUT2D eigenvalue weighted by Gasteiger charge is 2.25. The number of unbranched alkanes of at least 4 members (excludes halogenated alkanes) is 1. The zero-order valence-corrected chi connectivity index (χ0v) is 18.8. The van der Waals surface area contributed by atoms with Crippen LogP contribution >= 0.6 is 0 Å². The van der Waals surface area contributed by atoms with Crippen molar-refractivity contribution in [3.05, 3.63) is 60.2 Å². The molecule has 0 aliphatic carbocycles. The molecule has 0 unspecified atom stereocenters. The summed E-state index contributed by atoms with van der Waals surface area (Å²) in [7, 11) is 1.61. The Kier molecular flexibility index (Phi) is 10.4. The van der Waals surface area contributed by atoms with E-state index in [4.69, 9.17) is 9.47 Å². The van der Waals surface area contributed by atoms with Crippen LogP contribution in [0.4, 0.5) is 0 Å². The van der Waals surface area contributed by atoms with Crippen molar-refractivity contribution in [2.75, 3.05) is 20.3 Å². The standard InChI is InChI=1S/C25H34N2O4/c1-4-5-16-26-25(29)20(2)27(19-21-11-9-14-23(18-21)30-3)24(28)15-10-17-31-22-12-7-6-8-13-22/h6-9,11-14,18,20H,4-5,10,15-17,19H2,1-3H3,(H,26,29)/t20-/m1/s1. The Morgan fingerprint density at radius 2 is 1.77 bits per heavy atom. The maximum Gasteiger partial charge on any atom is 0.242 e. The molecule has 0 heterocycles. The Bertz CT molecular complexity index is 810. The minimum atomic E-state index is -0.564. The fourth-order valence-electron chi connectivity index (χ4n) is 3.16. The van der Waals surface area contributed by atoms with Gasteiger partial charge in [0, 0.05) is 19.5 Å². The number of nitrogens with one attached hydrogen (secondary N) is 1. The van der Waals surface area contributed by atoms with E-state index in [0.717, 1.165) is 29.9 Å². The van der Waals surface area contributed by atoms with Gasteiger partial charge in [-0.2, -0.15) is 0 Å². The lowest BCUT2D eigenvalue weighted by Gasteiger charge is -2.29. The molecule has 0 radical (unpaired) electrons. The first-order chi connectivity index (χ1) is 15.0. The quantitative estimate of drug-likeness (QED) is 0.488. The van der Waals surface area contributed by atoms with E-state index >= 15 is 0 Å². The number of para-hydroxylation sites is 1. The molecule has 0 spiro atoms. The molecule has 6 nitrogen and oxygen atoms in total. The number of benzene rings is 2. The van der Waals surface area contributed by atoms with Gasteiger partial charge in [0.1, 0.15) is 17.5 Å². The Morgan fingerprint density at radius 3 is 2.48 bits per heavy atom. The molecule has 2 aromatic rings. The van der Waals surface area contributed by atoms with Crippen LogP contribution in [0.15, 0.2) is 54.6 Å². The Labute approximate surface area is 185 Å². The zero-order valence-electron chi connectivity index (χ0n) is 18.8. The Hall–Kier alpha value is -3.02. The van der Waals surface area contributed by atoms with Gasteiger partial charge in [-0.25, -0.2) is 0 Å². The summed E-state index contributed by atoms with van der Waals surface area (Å²) in [5.41, 5.74) is 0.918. The van der Waals surface area contributed by atoms with Crippen molar-refractivity contribution < 1.29 is 19.1 Å². The molecule has 168 valence electrons. The van der Waals surface area contributed by atoms with E-state index in [1.165, 1.54) is 0 Å². The highest BCUT2D eigenvalue weighted by atomic mass is 16.5. The lowest BCUT2D eigenvalue weighted by Crippen LogP contribution is -2.47. The lowest BCUT2D eigenvalue weighted by atomic mass is 10.1. The molecular formula is C25H34N2O4. The number of rotatable bonds is 13. The average Bonchev–Trinajstić information content (AvgIpc) is 2.80. The second kappa shape index (κ2) is 13.3. The summed E-state index contributed by atoms with van der Waals surface area (Å²) in [6.45, 7) is 5.26. The summed E-state index contributed by atoms with van der Waals surface area (Å²) >= 11 is 0. The lowest BCUT2D eigenvalue weighted by molar-refractivity contribution is -0.140. The number of carbonyl (C=O) groups excluding carboxylic acids is 2. The van der Waals surface area contributed by atoms with Crippen LogP contribution in [0.25, 0.3) is 0 Å². The second-order valence-electron chi connectivity index (χ2n) is 7.46. The maximum atomic E-state index is 13.0. The van der Waals surface area contributed by atoms with Crippen LogP contribution in [0.5, 0.6) is 11.5 Å². The van der Waals surface area contributed by atoms with Crippen LogP contribution in [-0.4, -0.2) is 43.0 Å². The van der Waals surface area contributed by atoms with Crippen molar-refractivity contribution in [2.45, 2.75) is 52.1 Å². The molecule has 31 heavy (non-hydrogen) atoms. The summed E-state index contributed by atoms with van der Waals surface area (Å²) in [5.74, 6) is 1.30. The molecule has 0 saturated carbocycles. The molecule has 0 saturated heterocycles. The second-order valence-corrected chi connectivity index (χ2v) is 7.46. The van der Waals surface area contributed by atoms with Crippen molar-refractivity contribution in [1.29, 1.82) is 0 Å². The minimum absolute atomic E-state index is 0.0716. The topological polar surface area (TPSA) is 67.9 Å². The highest BCUT2D eigenvalue weighted by Crippen LogP contribution is 2.17. The SMILES string of the molecule is CCCCNC(=O)[C@@H](C)N(Cc1cccc(OC)c1)C(=O)CCCOc1ccccc1. The third-order valence-corrected chi connectivity index (χ3v) is 5.03. The van der Waals surface area contributed by atoms with Gasteiger partial charge in [-0.05, 0) is 49.6 Å². The van der Waals surface area contributed by atoms with Crippen molar-refractivity contribution >= 4 is 11.8 Å². The summed E-state index contributed by atoms with van der Waals surface area (Å²) in [5, 5.41) is 2.93. The summed E-state index contributed by atoms with van der Waals surface area (Å²) in [6, 6.07) is 16.5. The first-order valence-electron chi connectivity index (χ1n) is 10.9. The number of methoxy groups -OCH3 is 1. The number of ether oxygens (including phenoxy) is 2. The third-order valence-electron chi connectivity index (χ3n) is 5.03. The van der Waals surface area contributed by atoms with Gasteiger partial charge in [0.05, 0.1) is 13.7 Å². The third kappa shape index (κ3) is 8.32. The van der Waals surface area contributed by atoms with Crippen molar-refractivity contribution in [3.8, 4) is 11.5 Å². The van der Waals surface area contributed by atoms with E-state index in [1.807, 2.05) is 54.6 Å². The number of nitrogens with zero attached hydrogens (tertiary/aromatic N) is 1. The van der Waals surface area contributed by atoms with Gasteiger partial charge in [-0.15, -0.1) is 0 Å². The average molecular weight is 427 g/mol. The molecule has 1 atom stereocenters. The van der Waals surface area contributed by atoms with Gasteiger partial charge in [-0.3, -0.25) is 9.59 Å². The molecule has 0 fully saturated rings. The van der Waals surface area contributed by atoms with Crippen LogP contribution in [0.2, 0.25) is 0 Å². The predicted molar refractivity (Wildman–Crippen MR) is 122 cm³/mol. The maximum absolute atomic E-state index is 13.0. The van der Waals surface area contributed by atoms with Crippen LogP contribution in [0.3, 0.4) is 0 Å². The first kappa shape index (κ1) is 24.3. The molecule has 2 amide bonds. The molecule has 0 aromatic heterocycles. The smallest absolute Gasteiger partial charge is 0.242 e. The molecule has 0 aliphatic rings. The van der Waals surface area contributed by atoms with Gasteiger partial charge in [0.15, 0.2) is 0 Å². The van der Waals surface area contributed by atoms with E-state index in [-0.39, 0.29) is 11.8 Å². The van der Waals surface area contributed by atoms with Crippen molar-refractivity contribution in [2.24, 2.45) is 0 Å². The fourth-order valence-corrected chi connectivity index (χ4v) is 3.16. The summed E-state index contributed by atoms with van der Waals surface area (Å²) in [6.07, 6.45) is 2.80. The van der Waals surface area contributed by atoms with Crippen LogP contribution < -0.4 is 14.8 Å². The van der Waals surface area contributed by atoms with Gasteiger partial charge in [0.2, 0.25) is 11.8 Å². The first-order valence-corrected chi connectivity index (χ1v) is 10.9. The molecular weight excluding hydrogens is 392 g/mol. The van der Waals surface area contributed by atoms with Gasteiger partial charge in [0.25, 0.3) is 0 Å². The van der Waals surface area contributed by atoms with E-state index in [0.29, 0.717) is 32.5 Å². The van der Waals surface area contributed by atoms with Crippen LogP contribution in [0, 0.1) is 0 Å². The van der Waals surface area contributed by atoms with E-state index in [9.17, 15) is 9.59 Å². The number of amides is 2. The number of carbonyl (C=O) groups is 2. The Morgan fingerprint density at radius 1 is 1.03 bits per heavy atom. The zero-order chi connectivity index (χ0) is 22.5. The van der Waals surface area contributed by atoms with Gasteiger partial charge < -0.3 is 19.7 Å². The largest absolute Gasteiger partial charge is 0.497 e. The summed E-state index contributed by atoms with van der Waals surface area (Å²) < 4.78 is 11.0. The Balaban J connectivity index is 2.00. The van der Waals surface area contributed by atoms with E-state index < -0.39 is 6.04 Å². The number of hydrogen-bond acceptors (Lipinski definition) is 4. The predicted octanol–water partition coefficient (Wildman–Crippen LogP) is 4.19. The molecule has 2 aromatic carbocycles. The number of hydrogen-bond donors (Lipinski definition) is 1. The van der Waals surface area contributed by atoms with Crippen LogP contribution in [-0.2, 0) is 16.1 Å². The monoisotopic (exact) mass is 426 g/mol. The minimum Gasteiger partial charge on any atom is -0.497 e. The fraction of sp³-hybridized carbons (Fsp3) is 0.440.